The molecule has 0 aliphatic carbocycles. The predicted molar refractivity (Wildman–Crippen MR) is 86.8 cm³/mol. The van der Waals surface area contributed by atoms with Crippen LogP contribution in [0.2, 0.25) is 0 Å². The fourth-order valence-electron chi connectivity index (χ4n) is 2.80. The summed E-state index contributed by atoms with van der Waals surface area (Å²) in [5, 5.41) is 5.78. The molecule has 2 aromatic rings. The van der Waals surface area contributed by atoms with Crippen molar-refractivity contribution in [1.29, 1.82) is 0 Å². The van der Waals surface area contributed by atoms with Gasteiger partial charge in [-0.1, -0.05) is 18.2 Å². The van der Waals surface area contributed by atoms with E-state index < -0.39 is 0 Å². The van der Waals surface area contributed by atoms with Gasteiger partial charge in [-0.3, -0.25) is 9.59 Å². The zero-order valence-corrected chi connectivity index (χ0v) is 12.8. The van der Waals surface area contributed by atoms with E-state index in [4.69, 9.17) is 0 Å². The number of carbonyl (C=O) groups excluding carboxylic acids is 2. The van der Waals surface area contributed by atoms with Crippen LogP contribution in [-0.4, -0.2) is 28.3 Å². The lowest BCUT2D eigenvalue weighted by Crippen LogP contribution is -2.32. The second kappa shape index (κ2) is 7.09. The fourth-order valence-corrected chi connectivity index (χ4v) is 2.80. The minimum absolute atomic E-state index is 0.00656. The van der Waals surface area contributed by atoms with Crippen molar-refractivity contribution < 1.29 is 9.59 Å². The average molecular weight is 312 g/mol. The average Bonchev–Trinajstić information content (AvgIpc) is 3.06. The normalized spacial score (nSPS) is 16.5. The van der Waals surface area contributed by atoms with Crippen LogP contribution in [0, 0.1) is 5.92 Å². The molecular weight excluding hydrogens is 292 g/mol. The number of para-hydroxylation sites is 1. The van der Waals surface area contributed by atoms with E-state index in [1.54, 1.807) is 12.4 Å². The summed E-state index contributed by atoms with van der Waals surface area (Å²) in [5.74, 6) is 0.699. The van der Waals surface area contributed by atoms with Gasteiger partial charge < -0.3 is 15.6 Å². The molecule has 0 spiro atoms. The molecule has 6 heteroatoms. The summed E-state index contributed by atoms with van der Waals surface area (Å²) >= 11 is 0. The maximum absolute atomic E-state index is 12.1. The number of aromatic amines is 1. The Labute approximate surface area is 134 Å². The van der Waals surface area contributed by atoms with Crippen LogP contribution < -0.4 is 10.6 Å². The van der Waals surface area contributed by atoms with Crippen molar-refractivity contribution in [2.45, 2.75) is 25.7 Å². The molecule has 0 saturated heterocycles. The van der Waals surface area contributed by atoms with Crippen molar-refractivity contribution in [3.63, 3.8) is 0 Å². The van der Waals surface area contributed by atoms with Crippen LogP contribution in [0.3, 0.4) is 0 Å². The number of rotatable bonds is 6. The molecule has 1 aromatic carbocycles. The minimum Gasteiger partial charge on any atom is -0.356 e. The highest BCUT2D eigenvalue weighted by atomic mass is 16.2. The molecule has 1 atom stereocenters. The Hall–Kier alpha value is -2.63. The maximum atomic E-state index is 12.1. The molecule has 6 nitrogen and oxygen atoms in total. The SMILES string of the molecule is O=C(CC[C@H]1Cc2ccccc2NC1=O)NCCc1ncc[nH]1. The molecule has 2 amide bonds. The standard InChI is InChI=1S/C17H20N4O2/c22-16(20-8-7-15-18-9-10-19-15)6-5-13-11-12-3-1-2-4-14(12)21-17(13)23/h1-4,9-10,13H,5-8,11H2,(H,18,19)(H,20,22)(H,21,23)/t13-/m0/s1. The summed E-state index contributed by atoms with van der Waals surface area (Å²) in [6.45, 7) is 0.548. The molecule has 0 saturated carbocycles. The Kier molecular flexibility index (Phi) is 4.71. The Balaban J connectivity index is 1.43. The molecule has 0 fully saturated rings. The Morgan fingerprint density at radius 1 is 1.35 bits per heavy atom. The first kappa shape index (κ1) is 15.3. The summed E-state index contributed by atoms with van der Waals surface area (Å²) in [6.07, 6.45) is 5.75. The number of nitrogens with zero attached hydrogens (tertiary/aromatic N) is 1. The van der Waals surface area contributed by atoms with Gasteiger partial charge in [0.1, 0.15) is 5.82 Å². The van der Waals surface area contributed by atoms with E-state index >= 15 is 0 Å². The molecule has 0 bridgehead atoms. The molecule has 3 rings (SSSR count). The molecule has 23 heavy (non-hydrogen) atoms. The van der Waals surface area contributed by atoms with Gasteiger partial charge in [0.15, 0.2) is 0 Å². The van der Waals surface area contributed by atoms with Crippen LogP contribution in [0.4, 0.5) is 5.69 Å². The van der Waals surface area contributed by atoms with Crippen molar-refractivity contribution in [2.75, 3.05) is 11.9 Å². The van der Waals surface area contributed by atoms with E-state index in [0.29, 0.717) is 32.2 Å². The highest BCUT2D eigenvalue weighted by Gasteiger charge is 2.26. The van der Waals surface area contributed by atoms with E-state index in [2.05, 4.69) is 20.6 Å². The Bertz CT molecular complexity index is 682. The molecule has 3 N–H and O–H groups in total. The van der Waals surface area contributed by atoms with Gasteiger partial charge >= 0.3 is 0 Å². The number of anilines is 1. The quantitative estimate of drug-likeness (QED) is 0.758. The van der Waals surface area contributed by atoms with Crippen LogP contribution in [0.15, 0.2) is 36.7 Å². The number of H-pyrrole nitrogens is 1. The molecule has 1 aromatic heterocycles. The largest absolute Gasteiger partial charge is 0.356 e. The lowest BCUT2D eigenvalue weighted by molar-refractivity contribution is -0.122. The van der Waals surface area contributed by atoms with E-state index in [9.17, 15) is 9.59 Å². The van der Waals surface area contributed by atoms with Gasteiger partial charge in [0.2, 0.25) is 11.8 Å². The zero-order chi connectivity index (χ0) is 16.1. The molecule has 120 valence electrons. The van der Waals surface area contributed by atoms with Gasteiger partial charge in [-0.25, -0.2) is 4.98 Å². The van der Waals surface area contributed by atoms with Gasteiger partial charge in [-0.2, -0.15) is 0 Å². The number of aromatic nitrogens is 2. The summed E-state index contributed by atoms with van der Waals surface area (Å²) in [5.41, 5.74) is 2.02. The van der Waals surface area contributed by atoms with Crippen LogP contribution >= 0.6 is 0 Å². The molecule has 1 aliphatic heterocycles. The molecular formula is C17H20N4O2. The highest BCUT2D eigenvalue weighted by molar-refractivity contribution is 5.96. The number of fused-ring (bicyclic) bond motifs is 1. The fraction of sp³-hybridized carbons (Fsp3) is 0.353. The van der Waals surface area contributed by atoms with Crippen LogP contribution in [0.1, 0.15) is 24.2 Å². The summed E-state index contributed by atoms with van der Waals surface area (Å²) in [7, 11) is 0. The number of benzene rings is 1. The van der Waals surface area contributed by atoms with Gasteiger partial charge in [0.25, 0.3) is 0 Å². The number of nitrogens with one attached hydrogen (secondary N) is 3. The molecule has 0 radical (unpaired) electrons. The van der Waals surface area contributed by atoms with Gasteiger partial charge in [0.05, 0.1) is 0 Å². The third-order valence-electron chi connectivity index (χ3n) is 4.07. The van der Waals surface area contributed by atoms with Crippen molar-refractivity contribution in [2.24, 2.45) is 5.92 Å². The third-order valence-corrected chi connectivity index (χ3v) is 4.07. The molecule has 1 aliphatic rings. The molecule has 2 heterocycles. The topological polar surface area (TPSA) is 86.9 Å². The lowest BCUT2D eigenvalue weighted by atomic mass is 9.89. The second-order valence-electron chi connectivity index (χ2n) is 5.72. The van der Waals surface area contributed by atoms with Crippen molar-refractivity contribution in [3.8, 4) is 0 Å². The Morgan fingerprint density at radius 3 is 3.04 bits per heavy atom. The predicted octanol–water partition coefficient (Wildman–Crippen LogP) is 1.66. The monoisotopic (exact) mass is 312 g/mol. The van der Waals surface area contributed by atoms with E-state index in [-0.39, 0.29) is 17.7 Å². The van der Waals surface area contributed by atoms with Gasteiger partial charge in [-0.15, -0.1) is 0 Å². The maximum Gasteiger partial charge on any atom is 0.227 e. The zero-order valence-electron chi connectivity index (χ0n) is 12.8. The Morgan fingerprint density at radius 2 is 2.22 bits per heavy atom. The second-order valence-corrected chi connectivity index (χ2v) is 5.72. The molecule has 0 unspecified atom stereocenters. The van der Waals surface area contributed by atoms with Crippen LogP contribution in [0.25, 0.3) is 0 Å². The first-order chi connectivity index (χ1) is 11.2. The van der Waals surface area contributed by atoms with E-state index in [1.807, 2.05) is 24.3 Å². The van der Waals surface area contributed by atoms with Crippen molar-refractivity contribution in [1.82, 2.24) is 15.3 Å². The first-order valence-electron chi connectivity index (χ1n) is 7.86. The van der Waals surface area contributed by atoms with Crippen LogP contribution in [0.5, 0.6) is 0 Å². The van der Waals surface area contributed by atoms with Crippen molar-refractivity contribution >= 4 is 17.5 Å². The van der Waals surface area contributed by atoms with Crippen molar-refractivity contribution in [3.05, 3.63) is 48.0 Å². The minimum atomic E-state index is -0.138. The van der Waals surface area contributed by atoms with E-state index in [1.165, 1.54) is 0 Å². The summed E-state index contributed by atoms with van der Waals surface area (Å²) in [6, 6.07) is 7.80. The first-order valence-corrected chi connectivity index (χ1v) is 7.86. The van der Waals surface area contributed by atoms with Crippen LogP contribution in [-0.2, 0) is 22.4 Å². The van der Waals surface area contributed by atoms with Gasteiger partial charge in [-0.05, 0) is 24.5 Å². The highest BCUT2D eigenvalue weighted by Crippen LogP contribution is 2.27. The number of hydrogen-bond donors (Lipinski definition) is 3. The number of hydrogen-bond acceptors (Lipinski definition) is 3. The summed E-state index contributed by atoms with van der Waals surface area (Å²) < 4.78 is 0. The smallest absolute Gasteiger partial charge is 0.227 e. The number of imidazole rings is 1. The number of carbonyl (C=O) groups is 2. The number of amides is 2. The van der Waals surface area contributed by atoms with Gasteiger partial charge in [0, 0.05) is 43.4 Å². The lowest BCUT2D eigenvalue weighted by Gasteiger charge is -2.24. The van der Waals surface area contributed by atoms with E-state index in [0.717, 1.165) is 17.1 Å². The third kappa shape index (κ3) is 3.97. The summed E-state index contributed by atoms with van der Waals surface area (Å²) in [4.78, 5) is 31.1.